The number of carbonyl (C=O) groups excluding carboxylic acids is 1. The van der Waals surface area contributed by atoms with Crippen LogP contribution >= 0.6 is 0 Å². The molecule has 1 aliphatic rings. The third-order valence-corrected chi connectivity index (χ3v) is 3.48. The predicted molar refractivity (Wildman–Crippen MR) is 81.6 cm³/mol. The number of nitrogens with zero attached hydrogens (tertiary/aromatic N) is 2. The van der Waals surface area contributed by atoms with E-state index in [1.165, 1.54) is 6.07 Å². The van der Waals surface area contributed by atoms with Crippen LogP contribution in [-0.4, -0.2) is 37.2 Å². The molecular formula is C16H15F2N3O2. The van der Waals surface area contributed by atoms with E-state index in [2.05, 4.69) is 10.3 Å². The standard InChI is InChI=1S/C16H15F2N3O2/c17-11-4-5-12(18)14(10-11)20-16(22)13-2-1-3-15(19-13)21-6-8-23-9-7-21/h1-5,10H,6-9H2,(H,20,22). The van der Waals surface area contributed by atoms with Crippen LogP contribution in [0.3, 0.4) is 0 Å². The second-order valence-electron chi connectivity index (χ2n) is 5.06. The van der Waals surface area contributed by atoms with Crippen molar-refractivity contribution in [3.63, 3.8) is 0 Å². The summed E-state index contributed by atoms with van der Waals surface area (Å²) < 4.78 is 32.0. The van der Waals surface area contributed by atoms with Gasteiger partial charge in [0.05, 0.1) is 18.9 Å². The molecule has 7 heteroatoms. The molecule has 0 spiro atoms. The van der Waals surface area contributed by atoms with Gasteiger partial charge in [-0.25, -0.2) is 13.8 Å². The third-order valence-electron chi connectivity index (χ3n) is 3.48. The van der Waals surface area contributed by atoms with Crippen molar-refractivity contribution in [2.75, 3.05) is 36.5 Å². The minimum absolute atomic E-state index is 0.137. The molecule has 1 N–H and O–H groups in total. The van der Waals surface area contributed by atoms with E-state index in [0.717, 1.165) is 18.2 Å². The fourth-order valence-corrected chi connectivity index (χ4v) is 2.30. The monoisotopic (exact) mass is 319 g/mol. The number of aromatic nitrogens is 1. The molecule has 0 aliphatic carbocycles. The maximum absolute atomic E-state index is 13.6. The molecule has 1 aromatic heterocycles. The van der Waals surface area contributed by atoms with E-state index >= 15 is 0 Å². The second-order valence-corrected chi connectivity index (χ2v) is 5.06. The lowest BCUT2D eigenvalue weighted by molar-refractivity contribution is 0.102. The lowest BCUT2D eigenvalue weighted by atomic mass is 10.2. The van der Waals surface area contributed by atoms with Gasteiger partial charge in [-0.15, -0.1) is 0 Å². The molecule has 3 rings (SSSR count). The van der Waals surface area contributed by atoms with Gasteiger partial charge in [0.2, 0.25) is 0 Å². The quantitative estimate of drug-likeness (QED) is 0.944. The molecule has 1 aliphatic heterocycles. The Bertz CT molecular complexity index is 718. The number of anilines is 2. The van der Waals surface area contributed by atoms with Gasteiger partial charge < -0.3 is 15.0 Å². The summed E-state index contributed by atoms with van der Waals surface area (Å²) in [4.78, 5) is 18.5. The van der Waals surface area contributed by atoms with Crippen LogP contribution in [0.1, 0.15) is 10.5 Å². The molecule has 2 aromatic rings. The van der Waals surface area contributed by atoms with Crippen molar-refractivity contribution >= 4 is 17.4 Å². The number of carbonyl (C=O) groups is 1. The fraction of sp³-hybridized carbons (Fsp3) is 0.250. The van der Waals surface area contributed by atoms with Gasteiger partial charge in [-0.1, -0.05) is 6.07 Å². The van der Waals surface area contributed by atoms with Crippen LogP contribution in [0.4, 0.5) is 20.3 Å². The largest absolute Gasteiger partial charge is 0.378 e. The predicted octanol–water partition coefficient (Wildman–Crippen LogP) is 2.45. The highest BCUT2D eigenvalue weighted by molar-refractivity contribution is 6.03. The number of nitrogens with one attached hydrogen (secondary N) is 1. The first-order chi connectivity index (χ1) is 11.1. The van der Waals surface area contributed by atoms with Crippen LogP contribution < -0.4 is 10.2 Å². The molecule has 0 saturated carbocycles. The molecule has 0 bridgehead atoms. The highest BCUT2D eigenvalue weighted by atomic mass is 19.1. The summed E-state index contributed by atoms with van der Waals surface area (Å²) in [7, 11) is 0. The zero-order chi connectivity index (χ0) is 16.2. The number of benzene rings is 1. The van der Waals surface area contributed by atoms with E-state index < -0.39 is 17.5 Å². The number of morpholine rings is 1. The first-order valence-electron chi connectivity index (χ1n) is 7.19. The van der Waals surface area contributed by atoms with E-state index in [4.69, 9.17) is 4.74 Å². The molecule has 0 unspecified atom stereocenters. The van der Waals surface area contributed by atoms with Crippen molar-refractivity contribution in [1.29, 1.82) is 0 Å². The van der Waals surface area contributed by atoms with Gasteiger partial charge in [-0.05, 0) is 24.3 Å². The second kappa shape index (κ2) is 6.70. The Hall–Kier alpha value is -2.54. The molecular weight excluding hydrogens is 304 g/mol. The van der Waals surface area contributed by atoms with Crippen molar-refractivity contribution in [3.8, 4) is 0 Å². The zero-order valence-corrected chi connectivity index (χ0v) is 12.3. The number of rotatable bonds is 3. The topological polar surface area (TPSA) is 54.5 Å². The van der Waals surface area contributed by atoms with Crippen LogP contribution in [0, 0.1) is 11.6 Å². The molecule has 1 aromatic carbocycles. The molecule has 2 heterocycles. The smallest absolute Gasteiger partial charge is 0.274 e. The minimum atomic E-state index is -0.705. The van der Waals surface area contributed by atoms with Gasteiger partial charge >= 0.3 is 0 Å². The van der Waals surface area contributed by atoms with Crippen LogP contribution in [0.5, 0.6) is 0 Å². The zero-order valence-electron chi connectivity index (χ0n) is 12.3. The van der Waals surface area contributed by atoms with Crippen molar-refractivity contribution in [3.05, 3.63) is 53.7 Å². The van der Waals surface area contributed by atoms with Gasteiger partial charge in [0.25, 0.3) is 5.91 Å². The number of hydrogen-bond donors (Lipinski definition) is 1. The molecule has 1 fully saturated rings. The van der Waals surface area contributed by atoms with Gasteiger partial charge in [-0.3, -0.25) is 4.79 Å². The number of ether oxygens (including phenoxy) is 1. The number of amides is 1. The Morgan fingerprint density at radius 2 is 1.96 bits per heavy atom. The Balaban J connectivity index is 1.78. The lowest BCUT2D eigenvalue weighted by Crippen LogP contribution is -2.37. The van der Waals surface area contributed by atoms with E-state index in [-0.39, 0.29) is 11.4 Å². The Kier molecular flexibility index (Phi) is 4.47. The summed E-state index contributed by atoms with van der Waals surface area (Å²) in [6.07, 6.45) is 0. The minimum Gasteiger partial charge on any atom is -0.378 e. The summed E-state index contributed by atoms with van der Waals surface area (Å²) in [6, 6.07) is 7.90. The average molecular weight is 319 g/mol. The van der Waals surface area contributed by atoms with Crippen LogP contribution in [0.25, 0.3) is 0 Å². The van der Waals surface area contributed by atoms with Crippen LogP contribution in [0.2, 0.25) is 0 Å². The van der Waals surface area contributed by atoms with Crippen LogP contribution in [0.15, 0.2) is 36.4 Å². The van der Waals surface area contributed by atoms with E-state index in [1.54, 1.807) is 12.1 Å². The van der Waals surface area contributed by atoms with Crippen molar-refractivity contribution in [2.24, 2.45) is 0 Å². The molecule has 1 saturated heterocycles. The SMILES string of the molecule is O=C(Nc1cc(F)ccc1F)c1cccc(N2CCOCC2)n1. The fourth-order valence-electron chi connectivity index (χ4n) is 2.30. The summed E-state index contributed by atoms with van der Waals surface area (Å²) in [5, 5.41) is 2.34. The van der Waals surface area contributed by atoms with Crippen molar-refractivity contribution < 1.29 is 18.3 Å². The Morgan fingerprint density at radius 1 is 1.17 bits per heavy atom. The Morgan fingerprint density at radius 3 is 2.74 bits per heavy atom. The van der Waals surface area contributed by atoms with Crippen molar-refractivity contribution in [2.45, 2.75) is 0 Å². The molecule has 23 heavy (non-hydrogen) atoms. The maximum Gasteiger partial charge on any atom is 0.274 e. The van der Waals surface area contributed by atoms with Gasteiger partial charge in [-0.2, -0.15) is 0 Å². The molecule has 1 amide bonds. The maximum atomic E-state index is 13.6. The lowest BCUT2D eigenvalue weighted by Gasteiger charge is -2.27. The van der Waals surface area contributed by atoms with Gasteiger partial charge in [0.15, 0.2) is 0 Å². The highest BCUT2D eigenvalue weighted by Crippen LogP contribution is 2.17. The van der Waals surface area contributed by atoms with E-state index in [0.29, 0.717) is 32.1 Å². The highest BCUT2D eigenvalue weighted by Gasteiger charge is 2.16. The summed E-state index contributed by atoms with van der Waals surface area (Å²) in [5.41, 5.74) is -0.0776. The molecule has 0 radical (unpaired) electrons. The van der Waals surface area contributed by atoms with E-state index in [1.807, 2.05) is 4.90 Å². The average Bonchev–Trinajstić information content (AvgIpc) is 2.59. The number of pyridine rings is 1. The Labute approximate surface area is 131 Å². The summed E-state index contributed by atoms with van der Waals surface area (Å²) >= 11 is 0. The number of hydrogen-bond acceptors (Lipinski definition) is 4. The van der Waals surface area contributed by atoms with Gasteiger partial charge in [0, 0.05) is 19.2 Å². The summed E-state index contributed by atoms with van der Waals surface area (Å²) in [5.74, 6) is -1.27. The van der Waals surface area contributed by atoms with Crippen LogP contribution in [-0.2, 0) is 4.74 Å². The van der Waals surface area contributed by atoms with Gasteiger partial charge in [0.1, 0.15) is 23.1 Å². The van der Waals surface area contributed by atoms with E-state index in [9.17, 15) is 13.6 Å². The number of halogens is 2. The first kappa shape index (κ1) is 15.4. The molecule has 120 valence electrons. The molecule has 5 nitrogen and oxygen atoms in total. The summed E-state index contributed by atoms with van der Waals surface area (Å²) in [6.45, 7) is 2.59. The third kappa shape index (κ3) is 3.62. The first-order valence-corrected chi connectivity index (χ1v) is 7.19. The normalized spacial score (nSPS) is 14.6. The molecule has 0 atom stereocenters. The van der Waals surface area contributed by atoms with Crippen molar-refractivity contribution in [1.82, 2.24) is 4.98 Å².